The molecule has 2 aromatic rings. The van der Waals surface area contributed by atoms with Gasteiger partial charge in [-0.15, -0.1) is 0 Å². The molecule has 23 heavy (non-hydrogen) atoms. The summed E-state index contributed by atoms with van der Waals surface area (Å²) in [6.45, 7) is 1.63. The normalized spacial score (nSPS) is 13.9. The van der Waals surface area contributed by atoms with Crippen molar-refractivity contribution >= 4 is 17.7 Å². The first kappa shape index (κ1) is 15.3. The lowest BCUT2D eigenvalue weighted by molar-refractivity contribution is -0.116. The quantitative estimate of drug-likeness (QED) is 0.884. The number of nitrogens with zero attached hydrogens (tertiary/aromatic N) is 2. The van der Waals surface area contributed by atoms with E-state index < -0.39 is 0 Å². The van der Waals surface area contributed by atoms with E-state index in [4.69, 9.17) is 0 Å². The first-order chi connectivity index (χ1) is 11.2. The number of carbonyl (C=O) groups is 1. The van der Waals surface area contributed by atoms with Crippen LogP contribution in [0.25, 0.3) is 6.08 Å². The van der Waals surface area contributed by atoms with Gasteiger partial charge in [0.1, 0.15) is 0 Å². The monoisotopic (exact) mass is 307 g/mol. The van der Waals surface area contributed by atoms with Gasteiger partial charge in [-0.25, -0.2) is 0 Å². The number of benzene rings is 1. The molecule has 0 atom stereocenters. The highest BCUT2D eigenvalue weighted by atomic mass is 16.1. The fourth-order valence-corrected chi connectivity index (χ4v) is 2.83. The zero-order valence-corrected chi connectivity index (χ0v) is 13.3. The van der Waals surface area contributed by atoms with Crippen LogP contribution in [0.1, 0.15) is 23.1 Å². The Labute approximate surface area is 136 Å². The van der Waals surface area contributed by atoms with Crippen LogP contribution >= 0.6 is 0 Å². The molecular weight excluding hydrogens is 286 g/mol. The minimum atomic E-state index is -0.0864. The molecule has 0 radical (unpaired) electrons. The molecule has 1 aromatic carbocycles. The summed E-state index contributed by atoms with van der Waals surface area (Å²) in [5, 5.41) is 2.88. The van der Waals surface area contributed by atoms with Gasteiger partial charge in [-0.1, -0.05) is 6.07 Å². The van der Waals surface area contributed by atoms with E-state index in [0.29, 0.717) is 6.54 Å². The Kier molecular flexibility index (Phi) is 4.71. The molecule has 1 aromatic heterocycles. The zero-order chi connectivity index (χ0) is 16.1. The number of aromatic nitrogens is 1. The fourth-order valence-electron chi connectivity index (χ4n) is 2.83. The maximum atomic E-state index is 11.9. The molecule has 1 aliphatic rings. The van der Waals surface area contributed by atoms with Crippen molar-refractivity contribution in [2.45, 2.75) is 19.4 Å². The van der Waals surface area contributed by atoms with Gasteiger partial charge >= 0.3 is 0 Å². The molecule has 1 amide bonds. The van der Waals surface area contributed by atoms with Crippen molar-refractivity contribution in [1.29, 1.82) is 0 Å². The van der Waals surface area contributed by atoms with E-state index >= 15 is 0 Å². The highest BCUT2D eigenvalue weighted by molar-refractivity contribution is 5.91. The van der Waals surface area contributed by atoms with Crippen molar-refractivity contribution < 1.29 is 4.79 Å². The van der Waals surface area contributed by atoms with Crippen LogP contribution in [0.15, 0.2) is 48.8 Å². The molecule has 0 spiro atoms. The second-order valence-electron chi connectivity index (χ2n) is 5.82. The lowest BCUT2D eigenvalue weighted by Crippen LogP contribution is -2.24. The van der Waals surface area contributed by atoms with Crippen molar-refractivity contribution in [3.05, 3.63) is 65.5 Å². The lowest BCUT2D eigenvalue weighted by Gasteiger charge is -2.27. The molecule has 118 valence electrons. The summed E-state index contributed by atoms with van der Waals surface area (Å²) in [5.74, 6) is -0.0864. The van der Waals surface area contributed by atoms with Gasteiger partial charge in [0.05, 0.1) is 0 Å². The van der Waals surface area contributed by atoms with E-state index in [-0.39, 0.29) is 5.91 Å². The van der Waals surface area contributed by atoms with Gasteiger partial charge in [-0.05, 0) is 59.9 Å². The molecule has 3 rings (SSSR count). The summed E-state index contributed by atoms with van der Waals surface area (Å²) < 4.78 is 0. The second kappa shape index (κ2) is 7.09. The van der Waals surface area contributed by atoms with E-state index in [1.165, 1.54) is 17.7 Å². The molecule has 1 aliphatic heterocycles. The fraction of sp³-hybridized carbons (Fsp3) is 0.263. The summed E-state index contributed by atoms with van der Waals surface area (Å²) in [6.07, 6.45) is 9.20. The summed E-state index contributed by atoms with van der Waals surface area (Å²) in [4.78, 5) is 18.2. The number of aryl methyl sites for hydroxylation is 1. The van der Waals surface area contributed by atoms with Gasteiger partial charge in [0.25, 0.3) is 0 Å². The SMILES string of the molecule is CN1CCCc2cc(C=CC(=O)NCc3ccncc3)ccc21. The predicted octanol–water partition coefficient (Wildman–Crippen LogP) is 2.79. The number of carbonyl (C=O) groups excluding carboxylic acids is 1. The van der Waals surface area contributed by atoms with Crippen LogP contribution in [0.4, 0.5) is 5.69 Å². The van der Waals surface area contributed by atoms with Crippen molar-refractivity contribution in [1.82, 2.24) is 10.3 Å². The highest BCUT2D eigenvalue weighted by Gasteiger charge is 2.12. The Morgan fingerprint density at radius 1 is 1.30 bits per heavy atom. The zero-order valence-electron chi connectivity index (χ0n) is 13.3. The third-order valence-electron chi connectivity index (χ3n) is 4.10. The summed E-state index contributed by atoms with van der Waals surface area (Å²) in [5.41, 5.74) is 4.77. The minimum absolute atomic E-state index is 0.0864. The standard InChI is InChI=1S/C19H21N3O/c1-22-12-2-3-17-13-15(4-6-18(17)22)5-7-19(23)21-14-16-8-10-20-11-9-16/h4-11,13H,2-3,12,14H2,1H3,(H,21,23). The number of hydrogen-bond donors (Lipinski definition) is 1. The molecule has 0 aliphatic carbocycles. The molecule has 4 nitrogen and oxygen atoms in total. The third-order valence-corrected chi connectivity index (χ3v) is 4.10. The Hall–Kier alpha value is -2.62. The average Bonchev–Trinajstić information content (AvgIpc) is 2.59. The van der Waals surface area contributed by atoms with E-state index in [2.05, 4.69) is 40.4 Å². The van der Waals surface area contributed by atoms with Crippen molar-refractivity contribution in [2.24, 2.45) is 0 Å². The number of nitrogens with one attached hydrogen (secondary N) is 1. The summed E-state index contributed by atoms with van der Waals surface area (Å²) in [6, 6.07) is 10.2. The number of pyridine rings is 1. The van der Waals surface area contributed by atoms with Gasteiger partial charge < -0.3 is 10.2 Å². The highest BCUT2D eigenvalue weighted by Crippen LogP contribution is 2.27. The molecule has 1 N–H and O–H groups in total. The average molecular weight is 307 g/mol. The summed E-state index contributed by atoms with van der Waals surface area (Å²) in [7, 11) is 2.13. The Morgan fingerprint density at radius 3 is 2.96 bits per heavy atom. The smallest absolute Gasteiger partial charge is 0.244 e. The van der Waals surface area contributed by atoms with Crippen LogP contribution in [0.5, 0.6) is 0 Å². The maximum absolute atomic E-state index is 11.9. The van der Waals surface area contributed by atoms with E-state index in [1.54, 1.807) is 18.5 Å². The topological polar surface area (TPSA) is 45.2 Å². The van der Waals surface area contributed by atoms with Gasteiger partial charge in [-0.2, -0.15) is 0 Å². The van der Waals surface area contributed by atoms with Crippen molar-refractivity contribution in [3.63, 3.8) is 0 Å². The largest absolute Gasteiger partial charge is 0.374 e. The van der Waals surface area contributed by atoms with Crippen LogP contribution < -0.4 is 10.2 Å². The van der Waals surface area contributed by atoms with Crippen LogP contribution in [-0.4, -0.2) is 24.5 Å². The number of amides is 1. The molecule has 0 saturated heterocycles. The van der Waals surface area contributed by atoms with Gasteiger partial charge in [0.2, 0.25) is 5.91 Å². The second-order valence-corrected chi connectivity index (χ2v) is 5.82. The first-order valence-corrected chi connectivity index (χ1v) is 7.91. The Bertz CT molecular complexity index is 710. The van der Waals surface area contributed by atoms with Crippen LogP contribution in [0, 0.1) is 0 Å². The molecule has 0 unspecified atom stereocenters. The maximum Gasteiger partial charge on any atom is 0.244 e. The minimum Gasteiger partial charge on any atom is -0.374 e. The third kappa shape index (κ3) is 3.97. The van der Waals surface area contributed by atoms with E-state index in [1.807, 2.05) is 18.2 Å². The lowest BCUT2D eigenvalue weighted by atomic mass is 9.99. The van der Waals surface area contributed by atoms with Crippen LogP contribution in [0.2, 0.25) is 0 Å². The molecule has 2 heterocycles. The van der Waals surface area contributed by atoms with E-state index in [9.17, 15) is 4.79 Å². The van der Waals surface area contributed by atoms with E-state index in [0.717, 1.165) is 24.1 Å². The van der Waals surface area contributed by atoms with Crippen LogP contribution in [0.3, 0.4) is 0 Å². The van der Waals surface area contributed by atoms with Gasteiger partial charge in [0.15, 0.2) is 0 Å². The van der Waals surface area contributed by atoms with Crippen molar-refractivity contribution in [3.8, 4) is 0 Å². The van der Waals surface area contributed by atoms with Crippen molar-refractivity contribution in [2.75, 3.05) is 18.5 Å². The van der Waals surface area contributed by atoms with Gasteiger partial charge in [0, 0.05) is 44.3 Å². The number of rotatable bonds is 4. The number of hydrogen-bond acceptors (Lipinski definition) is 3. The first-order valence-electron chi connectivity index (χ1n) is 7.91. The van der Waals surface area contributed by atoms with Gasteiger partial charge in [-0.3, -0.25) is 9.78 Å². The number of fused-ring (bicyclic) bond motifs is 1. The molecule has 0 fully saturated rings. The molecular formula is C19H21N3O. The molecule has 4 heteroatoms. The number of anilines is 1. The Morgan fingerprint density at radius 2 is 2.13 bits per heavy atom. The van der Waals surface area contributed by atoms with Crippen LogP contribution in [-0.2, 0) is 17.8 Å². The molecule has 0 bridgehead atoms. The Balaban J connectivity index is 1.60. The predicted molar refractivity (Wildman–Crippen MR) is 93.2 cm³/mol. The summed E-state index contributed by atoms with van der Waals surface area (Å²) >= 11 is 0. The molecule has 0 saturated carbocycles.